The lowest BCUT2D eigenvalue weighted by Crippen LogP contribution is -2.18. The van der Waals surface area contributed by atoms with Gasteiger partial charge in [0.1, 0.15) is 11.5 Å². The topological polar surface area (TPSA) is 181 Å². The van der Waals surface area contributed by atoms with Crippen molar-refractivity contribution in [2.24, 2.45) is 0 Å². The molecule has 0 saturated carbocycles. The molecule has 10 nitrogen and oxygen atoms in total. The third-order valence-corrected chi connectivity index (χ3v) is 3.55. The highest BCUT2D eigenvalue weighted by Gasteiger charge is 2.23. The van der Waals surface area contributed by atoms with Crippen LogP contribution in [0.25, 0.3) is 0 Å². The number of anilines is 1. The van der Waals surface area contributed by atoms with Gasteiger partial charge in [0.15, 0.2) is 0 Å². The number of aromatic hydroxyl groups is 2. The Bertz CT molecular complexity index is 933. The van der Waals surface area contributed by atoms with Crippen LogP contribution in [0.5, 0.6) is 11.5 Å². The molecular weight excluding hydrogens is 362 g/mol. The number of phenols is 2. The molecule has 0 fully saturated rings. The van der Waals surface area contributed by atoms with E-state index in [9.17, 15) is 39.6 Å². The highest BCUT2D eigenvalue weighted by atomic mass is 16.4. The van der Waals surface area contributed by atoms with Crippen molar-refractivity contribution in [2.45, 2.75) is 6.42 Å². The number of aliphatic carboxylic acids is 1. The fourth-order valence-corrected chi connectivity index (χ4v) is 2.33. The monoisotopic (exact) mass is 375 g/mol. The molecule has 0 saturated heterocycles. The molecule has 2 rings (SSSR count). The average molecular weight is 375 g/mol. The van der Waals surface area contributed by atoms with Gasteiger partial charge in [0.2, 0.25) is 0 Å². The van der Waals surface area contributed by atoms with E-state index in [2.05, 4.69) is 5.32 Å². The molecule has 0 unspecified atom stereocenters. The Balaban J connectivity index is 2.47. The number of aromatic carboxylic acids is 2. The van der Waals surface area contributed by atoms with Crippen molar-refractivity contribution >= 4 is 29.5 Å². The van der Waals surface area contributed by atoms with Gasteiger partial charge in [-0.05, 0) is 24.3 Å². The van der Waals surface area contributed by atoms with Crippen LogP contribution < -0.4 is 5.32 Å². The van der Waals surface area contributed by atoms with Crippen molar-refractivity contribution in [3.05, 3.63) is 52.6 Å². The number of benzene rings is 2. The molecule has 2 aromatic carbocycles. The number of amides is 1. The number of carbonyl (C=O) groups is 4. The summed E-state index contributed by atoms with van der Waals surface area (Å²) in [6, 6.07) is 5.02. The largest absolute Gasteiger partial charge is 0.508 e. The van der Waals surface area contributed by atoms with Crippen molar-refractivity contribution in [1.82, 2.24) is 0 Å². The second kappa shape index (κ2) is 7.44. The summed E-state index contributed by atoms with van der Waals surface area (Å²) in [6.07, 6.45) is -0.605. The molecule has 140 valence electrons. The first-order chi connectivity index (χ1) is 12.6. The second-order valence-corrected chi connectivity index (χ2v) is 5.36. The predicted octanol–water partition coefficient (Wildman–Crippen LogP) is 1.37. The summed E-state index contributed by atoms with van der Waals surface area (Å²) in [5.74, 6) is -6.60. The molecule has 1 amide bonds. The maximum atomic E-state index is 12.4. The SMILES string of the molecule is O=C(O)Cc1cc(O)c(C(=O)Nc2c(C(=O)O)cccc2C(=O)O)cc1O. The van der Waals surface area contributed by atoms with E-state index in [1.807, 2.05) is 0 Å². The van der Waals surface area contributed by atoms with Crippen LogP contribution in [0.4, 0.5) is 5.69 Å². The molecule has 0 heterocycles. The molecule has 10 heteroatoms. The standard InChI is InChI=1S/C17H13NO9/c19-11-6-10(12(20)4-7(11)5-13(21)22)15(23)18-14-8(16(24)25)2-1-3-9(14)17(26)27/h1-4,6,19-20H,5H2,(H,18,23)(H,21,22)(H,24,25)(H,26,27). The fourth-order valence-electron chi connectivity index (χ4n) is 2.33. The van der Waals surface area contributed by atoms with E-state index in [0.29, 0.717) is 0 Å². The van der Waals surface area contributed by atoms with Gasteiger partial charge in [-0.25, -0.2) is 9.59 Å². The van der Waals surface area contributed by atoms with Crippen molar-refractivity contribution in [2.75, 3.05) is 5.32 Å². The number of para-hydroxylation sites is 1. The number of carboxylic acids is 3. The quantitative estimate of drug-likeness (QED) is 0.406. The second-order valence-electron chi connectivity index (χ2n) is 5.36. The minimum absolute atomic E-state index is 0.145. The Morgan fingerprint density at radius 1 is 0.815 bits per heavy atom. The van der Waals surface area contributed by atoms with Gasteiger partial charge in [0, 0.05) is 5.56 Å². The molecule has 0 aliphatic rings. The molecular formula is C17H13NO9. The lowest BCUT2D eigenvalue weighted by molar-refractivity contribution is -0.136. The first-order valence-corrected chi connectivity index (χ1v) is 7.29. The first-order valence-electron chi connectivity index (χ1n) is 7.29. The fraction of sp³-hybridized carbons (Fsp3) is 0.0588. The van der Waals surface area contributed by atoms with Gasteiger partial charge in [0.05, 0.1) is 28.8 Å². The number of carboxylic acid groups (broad SMARTS) is 3. The van der Waals surface area contributed by atoms with Crippen molar-refractivity contribution in [3.63, 3.8) is 0 Å². The Hall–Kier alpha value is -4.08. The Morgan fingerprint density at radius 3 is 1.85 bits per heavy atom. The van der Waals surface area contributed by atoms with Crippen LogP contribution in [0.1, 0.15) is 36.6 Å². The maximum absolute atomic E-state index is 12.4. The molecule has 0 aromatic heterocycles. The smallest absolute Gasteiger partial charge is 0.337 e. The van der Waals surface area contributed by atoms with E-state index >= 15 is 0 Å². The Labute approximate surface area is 150 Å². The summed E-state index contributed by atoms with van der Waals surface area (Å²) in [4.78, 5) is 45.7. The number of rotatable bonds is 6. The zero-order valence-electron chi connectivity index (χ0n) is 13.5. The van der Waals surface area contributed by atoms with Gasteiger partial charge in [-0.1, -0.05) is 6.07 Å². The molecule has 0 spiro atoms. The van der Waals surface area contributed by atoms with Crippen LogP contribution >= 0.6 is 0 Å². The lowest BCUT2D eigenvalue weighted by atomic mass is 10.0. The van der Waals surface area contributed by atoms with Crippen molar-refractivity contribution in [3.8, 4) is 11.5 Å². The number of hydrogen-bond donors (Lipinski definition) is 6. The molecule has 0 aliphatic heterocycles. The zero-order valence-corrected chi connectivity index (χ0v) is 13.5. The summed E-state index contributed by atoms with van der Waals surface area (Å²) in [7, 11) is 0. The van der Waals surface area contributed by atoms with Gasteiger partial charge in [-0.15, -0.1) is 0 Å². The van der Waals surface area contributed by atoms with Gasteiger partial charge in [-0.3, -0.25) is 9.59 Å². The molecule has 0 aliphatic carbocycles. The molecule has 0 bridgehead atoms. The van der Waals surface area contributed by atoms with E-state index in [4.69, 9.17) is 5.11 Å². The first kappa shape index (κ1) is 19.2. The van der Waals surface area contributed by atoms with Crippen molar-refractivity contribution < 1.29 is 44.7 Å². The third-order valence-electron chi connectivity index (χ3n) is 3.55. The minimum Gasteiger partial charge on any atom is -0.508 e. The average Bonchev–Trinajstić information content (AvgIpc) is 2.56. The number of nitrogens with one attached hydrogen (secondary N) is 1. The molecule has 0 radical (unpaired) electrons. The third kappa shape index (κ3) is 4.12. The summed E-state index contributed by atoms with van der Waals surface area (Å²) in [6.45, 7) is 0. The highest BCUT2D eigenvalue weighted by molar-refractivity contribution is 6.13. The highest BCUT2D eigenvalue weighted by Crippen LogP contribution is 2.29. The van der Waals surface area contributed by atoms with Crippen molar-refractivity contribution in [1.29, 1.82) is 0 Å². The van der Waals surface area contributed by atoms with Gasteiger partial charge in [-0.2, -0.15) is 0 Å². The summed E-state index contributed by atoms with van der Waals surface area (Å²) in [5.41, 5.74) is -2.13. The molecule has 6 N–H and O–H groups in total. The van der Waals surface area contributed by atoms with Crippen LogP contribution in [0, 0.1) is 0 Å². The minimum atomic E-state index is -1.49. The summed E-state index contributed by atoms with van der Waals surface area (Å²) < 4.78 is 0. The normalized spacial score (nSPS) is 10.2. The lowest BCUT2D eigenvalue weighted by Gasteiger charge is -2.13. The Kier molecular flexibility index (Phi) is 5.30. The van der Waals surface area contributed by atoms with Crippen LogP contribution in [0.2, 0.25) is 0 Å². The van der Waals surface area contributed by atoms with Gasteiger partial charge < -0.3 is 30.8 Å². The van der Waals surface area contributed by atoms with E-state index in [1.54, 1.807) is 0 Å². The van der Waals surface area contributed by atoms with Crippen LogP contribution in [-0.4, -0.2) is 49.3 Å². The number of carbonyl (C=O) groups excluding carboxylic acids is 1. The maximum Gasteiger partial charge on any atom is 0.337 e. The van der Waals surface area contributed by atoms with E-state index in [-0.39, 0.29) is 5.56 Å². The molecule has 2 aromatic rings. The summed E-state index contributed by atoms with van der Waals surface area (Å²) >= 11 is 0. The Morgan fingerprint density at radius 2 is 1.37 bits per heavy atom. The van der Waals surface area contributed by atoms with Crippen LogP contribution in [0.15, 0.2) is 30.3 Å². The summed E-state index contributed by atoms with van der Waals surface area (Å²) in [5, 5.41) is 49.0. The number of hydrogen-bond acceptors (Lipinski definition) is 6. The number of phenolic OH excluding ortho intramolecular Hbond substituents is 2. The van der Waals surface area contributed by atoms with Crippen LogP contribution in [0.3, 0.4) is 0 Å². The molecule has 0 atom stereocenters. The van der Waals surface area contributed by atoms with Crippen LogP contribution in [-0.2, 0) is 11.2 Å². The van der Waals surface area contributed by atoms with E-state index < -0.39 is 64.1 Å². The van der Waals surface area contributed by atoms with E-state index in [0.717, 1.165) is 24.3 Å². The molecule has 27 heavy (non-hydrogen) atoms. The predicted molar refractivity (Wildman–Crippen MR) is 89.4 cm³/mol. The van der Waals surface area contributed by atoms with Gasteiger partial charge in [0.25, 0.3) is 5.91 Å². The van der Waals surface area contributed by atoms with Gasteiger partial charge >= 0.3 is 17.9 Å². The zero-order chi connectivity index (χ0) is 20.3. The van der Waals surface area contributed by atoms with E-state index in [1.165, 1.54) is 6.07 Å².